The summed E-state index contributed by atoms with van der Waals surface area (Å²) in [6, 6.07) is 0. The lowest BCUT2D eigenvalue weighted by atomic mass is 10.1. The average Bonchev–Trinajstić information content (AvgIpc) is 2.63. The highest BCUT2D eigenvalue weighted by atomic mass is 79.9. The third kappa shape index (κ3) is 3.97. The first-order valence-corrected chi connectivity index (χ1v) is 5.74. The number of nitrogens with two attached hydrogens (primary N) is 1. The van der Waals surface area contributed by atoms with Gasteiger partial charge in [0, 0.05) is 15.9 Å². The molecule has 0 saturated heterocycles. The fourth-order valence-electron chi connectivity index (χ4n) is 0.975. The number of hydrogen-bond acceptors (Lipinski definition) is 5. The van der Waals surface area contributed by atoms with Gasteiger partial charge in [-0.3, -0.25) is 0 Å². The Bertz CT molecular complexity index is 377. The molecule has 1 aromatic rings. The van der Waals surface area contributed by atoms with Crippen molar-refractivity contribution < 1.29 is 18.0 Å². The second-order valence-corrected chi connectivity index (χ2v) is 5.19. The molecule has 0 bridgehead atoms. The zero-order valence-corrected chi connectivity index (χ0v) is 11.3. The lowest BCUT2D eigenvalue weighted by Crippen LogP contribution is -2.40. The van der Waals surface area contributed by atoms with Gasteiger partial charge in [0.25, 0.3) is 0 Å². The largest absolute Gasteiger partial charge is 0.378 e. The Morgan fingerprint density at radius 2 is 2.12 bits per heavy atom. The smallest absolute Gasteiger partial charge is 0.376 e. The van der Waals surface area contributed by atoms with E-state index in [9.17, 15) is 8.78 Å². The highest BCUT2D eigenvalue weighted by Gasteiger charge is 2.37. The first kappa shape index (κ1) is 14.5. The minimum absolute atomic E-state index is 0.0210. The second kappa shape index (κ2) is 4.95. The van der Waals surface area contributed by atoms with Gasteiger partial charge in [-0.05, 0) is 20.8 Å². The molecular weight excluding hydrogens is 300 g/mol. The molecule has 1 unspecified atom stereocenters. The molecule has 5 nitrogen and oxygen atoms in total. The number of halogens is 3. The van der Waals surface area contributed by atoms with Crippen LogP contribution in [-0.4, -0.2) is 22.9 Å². The van der Waals surface area contributed by atoms with Gasteiger partial charge in [-0.1, -0.05) is 5.16 Å². The Hall–Kier alpha value is -0.600. The van der Waals surface area contributed by atoms with Crippen molar-refractivity contribution in [2.24, 2.45) is 5.73 Å². The number of hydrogen-bond donors (Lipinski definition) is 1. The molecule has 0 saturated carbocycles. The van der Waals surface area contributed by atoms with Gasteiger partial charge in [-0.2, -0.15) is 13.8 Å². The minimum atomic E-state index is -3.35. The zero-order valence-electron chi connectivity index (χ0n) is 9.71. The highest BCUT2D eigenvalue weighted by Crippen LogP contribution is 2.33. The third-order valence-electron chi connectivity index (χ3n) is 1.90. The van der Waals surface area contributed by atoms with Gasteiger partial charge in [0.1, 0.15) is 5.54 Å². The van der Waals surface area contributed by atoms with Crippen LogP contribution < -0.4 is 5.73 Å². The van der Waals surface area contributed by atoms with Crippen molar-refractivity contribution >= 4 is 15.9 Å². The summed E-state index contributed by atoms with van der Waals surface area (Å²) >= 11 is 2.13. The van der Waals surface area contributed by atoms with Crippen molar-refractivity contribution in [3.63, 3.8) is 0 Å². The van der Waals surface area contributed by atoms with Gasteiger partial charge in [0.05, 0.1) is 12.7 Å². The Labute approximate surface area is 106 Å². The van der Waals surface area contributed by atoms with Crippen molar-refractivity contribution in [2.75, 3.05) is 6.61 Å². The molecule has 0 spiro atoms. The van der Waals surface area contributed by atoms with Crippen molar-refractivity contribution in [1.29, 1.82) is 0 Å². The van der Waals surface area contributed by atoms with Crippen molar-refractivity contribution in [2.45, 2.75) is 37.2 Å². The van der Waals surface area contributed by atoms with E-state index in [1.807, 2.05) is 13.8 Å². The predicted molar refractivity (Wildman–Crippen MR) is 59.7 cm³/mol. The number of alkyl halides is 3. The van der Waals surface area contributed by atoms with E-state index in [0.717, 1.165) is 0 Å². The Morgan fingerprint density at radius 1 is 1.53 bits per heavy atom. The number of ether oxygens (including phenoxy) is 1. The highest BCUT2D eigenvalue weighted by molar-refractivity contribution is 9.09. The number of nitrogens with zero attached hydrogens (tertiary/aromatic N) is 2. The van der Waals surface area contributed by atoms with Crippen LogP contribution in [0.3, 0.4) is 0 Å². The molecule has 0 radical (unpaired) electrons. The molecule has 98 valence electrons. The maximum atomic E-state index is 12.8. The summed E-state index contributed by atoms with van der Waals surface area (Å²) in [5.41, 5.74) is 4.79. The Kier molecular flexibility index (Phi) is 4.21. The molecule has 1 aromatic heterocycles. The molecule has 1 atom stereocenters. The lowest BCUT2D eigenvalue weighted by Gasteiger charge is -2.21. The number of aromatic nitrogens is 2. The number of rotatable bonds is 5. The molecule has 8 heteroatoms. The van der Waals surface area contributed by atoms with Crippen molar-refractivity contribution in [3.05, 3.63) is 11.7 Å². The molecule has 0 amide bonds. The van der Waals surface area contributed by atoms with Crippen molar-refractivity contribution in [1.82, 2.24) is 10.1 Å². The van der Waals surface area contributed by atoms with E-state index in [4.69, 9.17) is 10.5 Å². The monoisotopic (exact) mass is 313 g/mol. The van der Waals surface area contributed by atoms with E-state index in [1.54, 1.807) is 6.92 Å². The Balaban J connectivity index is 2.81. The van der Waals surface area contributed by atoms with Gasteiger partial charge in [0.15, 0.2) is 5.82 Å². The van der Waals surface area contributed by atoms with Crippen LogP contribution in [-0.2, 0) is 15.1 Å². The van der Waals surface area contributed by atoms with Crippen LogP contribution in [0.15, 0.2) is 4.52 Å². The van der Waals surface area contributed by atoms with Crippen LogP contribution in [0.25, 0.3) is 0 Å². The molecule has 0 aliphatic rings. The molecule has 0 fully saturated rings. The summed E-state index contributed by atoms with van der Waals surface area (Å²) < 4.78 is 35.4. The lowest BCUT2D eigenvalue weighted by molar-refractivity contribution is 0.0410. The molecule has 0 aromatic carbocycles. The van der Waals surface area contributed by atoms with E-state index in [0.29, 0.717) is 0 Å². The zero-order chi connectivity index (χ0) is 13.3. The molecule has 1 rings (SSSR count). The van der Waals surface area contributed by atoms with Crippen LogP contribution in [0.1, 0.15) is 32.5 Å². The van der Waals surface area contributed by atoms with E-state index < -0.39 is 16.3 Å². The molecular formula is C9H14BrF2N3O2. The predicted octanol–water partition coefficient (Wildman–Crippen LogP) is 2.11. The van der Waals surface area contributed by atoms with E-state index in [1.165, 1.54) is 0 Å². The van der Waals surface area contributed by atoms with Gasteiger partial charge < -0.3 is 15.0 Å². The van der Waals surface area contributed by atoms with E-state index in [-0.39, 0.29) is 18.5 Å². The van der Waals surface area contributed by atoms with Gasteiger partial charge in [-0.15, -0.1) is 0 Å². The summed E-state index contributed by atoms with van der Waals surface area (Å²) in [6.07, 6.45) is -0.0261. The van der Waals surface area contributed by atoms with Crippen molar-refractivity contribution in [3.8, 4) is 0 Å². The quantitative estimate of drug-likeness (QED) is 0.843. The maximum Gasteiger partial charge on any atom is 0.378 e. The molecule has 2 N–H and O–H groups in total. The maximum absolute atomic E-state index is 12.8. The minimum Gasteiger partial charge on any atom is -0.376 e. The molecule has 0 aliphatic heterocycles. The summed E-state index contributed by atoms with van der Waals surface area (Å²) in [5, 5.41) is 3.43. The van der Waals surface area contributed by atoms with Gasteiger partial charge in [-0.25, -0.2) is 0 Å². The molecule has 0 aliphatic carbocycles. The first-order valence-electron chi connectivity index (χ1n) is 4.95. The summed E-state index contributed by atoms with van der Waals surface area (Å²) in [5.74, 6) is -0.846. The fraction of sp³-hybridized carbons (Fsp3) is 0.778. The van der Waals surface area contributed by atoms with Crippen LogP contribution in [0.5, 0.6) is 0 Å². The third-order valence-corrected chi connectivity index (χ3v) is 2.24. The molecule has 1 heterocycles. The molecule has 17 heavy (non-hydrogen) atoms. The Morgan fingerprint density at radius 3 is 2.53 bits per heavy atom. The van der Waals surface area contributed by atoms with Crippen LogP contribution in [0.2, 0.25) is 0 Å². The average molecular weight is 314 g/mol. The van der Waals surface area contributed by atoms with Gasteiger partial charge >= 0.3 is 10.7 Å². The van der Waals surface area contributed by atoms with Crippen LogP contribution in [0, 0.1) is 0 Å². The summed E-state index contributed by atoms with van der Waals surface area (Å²) in [4.78, 5) is 0.198. The van der Waals surface area contributed by atoms with Crippen LogP contribution >= 0.6 is 15.9 Å². The summed E-state index contributed by atoms with van der Waals surface area (Å²) in [7, 11) is 0. The summed E-state index contributed by atoms with van der Waals surface area (Å²) in [6.45, 7) is 5.36. The fourth-order valence-corrected chi connectivity index (χ4v) is 1.14. The van der Waals surface area contributed by atoms with E-state index >= 15 is 0 Å². The van der Waals surface area contributed by atoms with Gasteiger partial charge in [0.2, 0.25) is 0 Å². The van der Waals surface area contributed by atoms with E-state index in [2.05, 4.69) is 30.6 Å². The SMILES string of the molecule is CC(C)OCC(C)(N)c1noc(C(F)(F)Br)n1. The van der Waals surface area contributed by atoms with Crippen LogP contribution in [0.4, 0.5) is 8.78 Å². The standard InChI is InChI=1S/C9H14BrF2N3O2/c1-5(2)16-4-8(3,13)6-14-7(17-15-6)9(10,11)12/h5H,4,13H2,1-3H3. The second-order valence-electron chi connectivity index (χ2n) is 4.20. The normalized spacial score (nSPS) is 16.2. The topological polar surface area (TPSA) is 74.2 Å². The first-order chi connectivity index (χ1) is 7.63.